The van der Waals surface area contributed by atoms with Crippen molar-refractivity contribution in [3.63, 3.8) is 0 Å². The predicted octanol–water partition coefficient (Wildman–Crippen LogP) is 1.54. The van der Waals surface area contributed by atoms with Gasteiger partial charge in [-0.3, -0.25) is 9.48 Å². The number of nitrogens with zero attached hydrogens (tertiary/aromatic N) is 5. The minimum absolute atomic E-state index is 0.0397. The van der Waals surface area contributed by atoms with Crippen LogP contribution in [0.25, 0.3) is 0 Å². The van der Waals surface area contributed by atoms with Gasteiger partial charge in [-0.2, -0.15) is 10.1 Å². The Morgan fingerprint density at radius 1 is 1.36 bits per heavy atom. The van der Waals surface area contributed by atoms with Crippen LogP contribution >= 0.6 is 0 Å². The second kappa shape index (κ2) is 6.59. The van der Waals surface area contributed by atoms with Crippen LogP contribution in [0.3, 0.4) is 0 Å². The number of amides is 1. The van der Waals surface area contributed by atoms with Gasteiger partial charge in [0, 0.05) is 44.8 Å². The smallest absolute Gasteiger partial charge is 0.274 e. The number of aromatic nitrogens is 4. The van der Waals surface area contributed by atoms with E-state index in [1.54, 1.807) is 17.9 Å². The van der Waals surface area contributed by atoms with E-state index in [0.29, 0.717) is 30.4 Å². The van der Waals surface area contributed by atoms with Crippen molar-refractivity contribution in [1.29, 1.82) is 0 Å². The first kappa shape index (κ1) is 16.3. The molecule has 0 aromatic carbocycles. The second-order valence-corrected chi connectivity index (χ2v) is 6.93. The number of methoxy groups -OCH3 is 1. The van der Waals surface area contributed by atoms with Crippen LogP contribution in [0.15, 0.2) is 16.8 Å². The highest BCUT2D eigenvalue weighted by atomic mass is 16.5. The van der Waals surface area contributed by atoms with Gasteiger partial charge in [0.25, 0.3) is 5.91 Å². The molecule has 2 bridgehead atoms. The maximum Gasteiger partial charge on any atom is 0.274 e. The van der Waals surface area contributed by atoms with Crippen molar-refractivity contribution in [2.45, 2.75) is 50.1 Å². The standard InChI is InChI=1S/C17H23N5O3/c1-21-7-5-14(19-21)17(23)22-12-3-4-13(22)10-11(9-12)16-18-15(20-25-16)6-8-24-2/h5,7,11-13H,3-4,6,8-10H2,1-2H3/t11?,12-,13+. The molecule has 134 valence electrons. The SMILES string of the molecule is COCCc1noc(C2C[C@H]3CC[C@@H](C2)N3C(=O)c2ccn(C)n2)n1. The molecule has 4 heterocycles. The van der Waals surface area contributed by atoms with Crippen LogP contribution < -0.4 is 0 Å². The summed E-state index contributed by atoms with van der Waals surface area (Å²) in [6.45, 7) is 0.585. The topological polar surface area (TPSA) is 86.3 Å². The van der Waals surface area contributed by atoms with Gasteiger partial charge in [-0.05, 0) is 31.7 Å². The summed E-state index contributed by atoms with van der Waals surface area (Å²) in [6.07, 6.45) is 6.28. The van der Waals surface area contributed by atoms with E-state index in [1.807, 2.05) is 18.1 Å². The van der Waals surface area contributed by atoms with Gasteiger partial charge in [0.1, 0.15) is 5.69 Å². The quantitative estimate of drug-likeness (QED) is 0.817. The molecule has 2 aliphatic heterocycles. The molecule has 2 aromatic heterocycles. The Hall–Kier alpha value is -2.22. The van der Waals surface area contributed by atoms with E-state index in [2.05, 4.69) is 15.2 Å². The zero-order valence-electron chi connectivity index (χ0n) is 14.6. The van der Waals surface area contributed by atoms with Crippen LogP contribution in [0.2, 0.25) is 0 Å². The fourth-order valence-corrected chi connectivity index (χ4v) is 4.10. The average Bonchev–Trinajstić information content (AvgIpc) is 3.31. The molecule has 0 spiro atoms. The normalized spacial score (nSPS) is 25.5. The lowest BCUT2D eigenvalue weighted by atomic mass is 9.90. The molecular weight excluding hydrogens is 322 g/mol. The first-order chi connectivity index (χ1) is 12.2. The minimum atomic E-state index is 0.0397. The highest BCUT2D eigenvalue weighted by molar-refractivity contribution is 5.93. The summed E-state index contributed by atoms with van der Waals surface area (Å²) in [5.41, 5.74) is 0.525. The first-order valence-corrected chi connectivity index (χ1v) is 8.79. The highest BCUT2D eigenvalue weighted by Crippen LogP contribution is 2.43. The van der Waals surface area contributed by atoms with Crippen molar-refractivity contribution in [2.24, 2.45) is 7.05 Å². The van der Waals surface area contributed by atoms with Crippen molar-refractivity contribution < 1.29 is 14.1 Å². The molecular formula is C17H23N5O3. The van der Waals surface area contributed by atoms with Crippen molar-refractivity contribution in [3.05, 3.63) is 29.7 Å². The average molecular weight is 345 g/mol. The third-order valence-electron chi connectivity index (χ3n) is 5.26. The summed E-state index contributed by atoms with van der Waals surface area (Å²) in [4.78, 5) is 19.4. The van der Waals surface area contributed by atoms with Crippen LogP contribution in [-0.4, -0.2) is 56.5 Å². The summed E-state index contributed by atoms with van der Waals surface area (Å²) in [6, 6.07) is 2.24. The van der Waals surface area contributed by atoms with E-state index in [4.69, 9.17) is 9.26 Å². The molecule has 0 saturated carbocycles. The van der Waals surface area contributed by atoms with Gasteiger partial charge in [0.2, 0.25) is 5.89 Å². The number of rotatable bonds is 5. The van der Waals surface area contributed by atoms with E-state index in [-0.39, 0.29) is 23.9 Å². The molecule has 1 amide bonds. The molecule has 25 heavy (non-hydrogen) atoms. The van der Waals surface area contributed by atoms with Crippen molar-refractivity contribution >= 4 is 5.91 Å². The Morgan fingerprint density at radius 2 is 2.12 bits per heavy atom. The molecule has 0 radical (unpaired) electrons. The zero-order chi connectivity index (χ0) is 17.4. The highest BCUT2D eigenvalue weighted by Gasteiger charge is 2.45. The molecule has 8 heteroatoms. The van der Waals surface area contributed by atoms with Crippen LogP contribution in [0.1, 0.15) is 53.8 Å². The van der Waals surface area contributed by atoms with E-state index in [9.17, 15) is 4.79 Å². The second-order valence-electron chi connectivity index (χ2n) is 6.93. The summed E-state index contributed by atoms with van der Waals surface area (Å²) >= 11 is 0. The van der Waals surface area contributed by atoms with Crippen LogP contribution in [0.5, 0.6) is 0 Å². The number of hydrogen-bond acceptors (Lipinski definition) is 6. The molecule has 0 aliphatic carbocycles. The van der Waals surface area contributed by atoms with Crippen molar-refractivity contribution in [3.8, 4) is 0 Å². The predicted molar refractivity (Wildman–Crippen MR) is 88.0 cm³/mol. The third-order valence-corrected chi connectivity index (χ3v) is 5.26. The van der Waals surface area contributed by atoms with Crippen LogP contribution in [0, 0.1) is 0 Å². The number of piperidine rings is 1. The number of aryl methyl sites for hydroxylation is 1. The molecule has 2 saturated heterocycles. The summed E-state index contributed by atoms with van der Waals surface area (Å²) in [5, 5.41) is 8.31. The fraction of sp³-hybridized carbons (Fsp3) is 0.647. The Kier molecular flexibility index (Phi) is 4.29. The van der Waals surface area contributed by atoms with Gasteiger partial charge < -0.3 is 14.2 Å². The van der Waals surface area contributed by atoms with Gasteiger partial charge in [-0.25, -0.2) is 0 Å². The van der Waals surface area contributed by atoms with Gasteiger partial charge in [-0.15, -0.1) is 0 Å². The minimum Gasteiger partial charge on any atom is -0.384 e. The van der Waals surface area contributed by atoms with Gasteiger partial charge in [0.05, 0.1) is 6.61 Å². The molecule has 3 atom stereocenters. The third kappa shape index (κ3) is 3.06. The number of carbonyl (C=O) groups is 1. The lowest BCUT2D eigenvalue weighted by Crippen LogP contribution is -2.46. The fourth-order valence-electron chi connectivity index (χ4n) is 4.10. The lowest BCUT2D eigenvalue weighted by molar-refractivity contribution is 0.0548. The van der Waals surface area contributed by atoms with Gasteiger partial charge in [0.15, 0.2) is 5.82 Å². The molecule has 2 fully saturated rings. The maximum absolute atomic E-state index is 12.8. The molecule has 8 nitrogen and oxygen atoms in total. The van der Waals surface area contributed by atoms with E-state index in [1.165, 1.54) is 0 Å². The maximum atomic E-state index is 12.8. The largest absolute Gasteiger partial charge is 0.384 e. The molecule has 2 aromatic rings. The number of fused-ring (bicyclic) bond motifs is 2. The molecule has 4 rings (SSSR count). The van der Waals surface area contributed by atoms with Crippen molar-refractivity contribution in [1.82, 2.24) is 24.8 Å². The Labute approximate surface area is 146 Å². The van der Waals surface area contributed by atoms with Crippen LogP contribution in [0.4, 0.5) is 0 Å². The number of carbonyl (C=O) groups excluding carboxylic acids is 1. The molecule has 2 aliphatic rings. The van der Waals surface area contributed by atoms with E-state index in [0.717, 1.165) is 25.7 Å². The van der Waals surface area contributed by atoms with E-state index < -0.39 is 0 Å². The summed E-state index contributed by atoms with van der Waals surface area (Å²) in [5.74, 6) is 1.66. The van der Waals surface area contributed by atoms with Crippen molar-refractivity contribution in [2.75, 3.05) is 13.7 Å². The zero-order valence-corrected chi connectivity index (χ0v) is 14.6. The van der Waals surface area contributed by atoms with E-state index >= 15 is 0 Å². The summed E-state index contributed by atoms with van der Waals surface area (Å²) in [7, 11) is 3.49. The van der Waals surface area contributed by atoms with Gasteiger partial charge in [-0.1, -0.05) is 5.16 Å². The van der Waals surface area contributed by atoms with Crippen LogP contribution in [-0.2, 0) is 18.2 Å². The number of ether oxygens (including phenoxy) is 1. The lowest BCUT2D eigenvalue weighted by Gasteiger charge is -2.37. The van der Waals surface area contributed by atoms with Gasteiger partial charge >= 0.3 is 0 Å². The Morgan fingerprint density at radius 3 is 2.76 bits per heavy atom. The number of hydrogen-bond donors (Lipinski definition) is 0. The molecule has 0 N–H and O–H groups in total. The first-order valence-electron chi connectivity index (χ1n) is 8.79. The summed E-state index contributed by atoms with van der Waals surface area (Å²) < 4.78 is 12.2. The Balaban J connectivity index is 1.46. The monoisotopic (exact) mass is 345 g/mol. The molecule has 1 unspecified atom stereocenters. The Bertz CT molecular complexity index is 741.